The summed E-state index contributed by atoms with van der Waals surface area (Å²) < 4.78 is 5.76. The van der Waals surface area contributed by atoms with Crippen molar-refractivity contribution in [3.8, 4) is 0 Å². The second-order valence-corrected chi connectivity index (χ2v) is 5.50. The summed E-state index contributed by atoms with van der Waals surface area (Å²) in [4.78, 5) is 2.58. The molecule has 0 amide bonds. The fraction of sp³-hybridized carbons (Fsp3) is 1.00. The van der Waals surface area contributed by atoms with Crippen LogP contribution in [0, 0.1) is 5.92 Å². The molecule has 0 spiro atoms. The predicted molar refractivity (Wildman–Crippen MR) is 66.7 cm³/mol. The highest BCUT2D eigenvalue weighted by molar-refractivity contribution is 4.75. The maximum atomic E-state index is 5.76. The Kier molecular flexibility index (Phi) is 4.62. The molecule has 2 atom stereocenters. The standard InChI is InChI=1S/C13H26N2O/c1-11-9-15(10-12(2)16-11)8-5-13-3-6-14-7-4-13/h11-14H,3-10H2,1-2H3/t11-,12-/m0/s1. The smallest absolute Gasteiger partial charge is 0.0678 e. The molecule has 0 saturated carbocycles. The van der Waals surface area contributed by atoms with E-state index in [4.69, 9.17) is 4.74 Å². The Morgan fingerprint density at radius 1 is 1.12 bits per heavy atom. The topological polar surface area (TPSA) is 24.5 Å². The highest BCUT2D eigenvalue weighted by Crippen LogP contribution is 2.18. The second kappa shape index (κ2) is 5.99. The lowest BCUT2D eigenvalue weighted by molar-refractivity contribution is -0.0691. The molecule has 2 rings (SSSR count). The van der Waals surface area contributed by atoms with Crippen molar-refractivity contribution in [3.63, 3.8) is 0 Å². The first-order valence-corrected chi connectivity index (χ1v) is 6.82. The first kappa shape index (κ1) is 12.3. The van der Waals surface area contributed by atoms with Gasteiger partial charge in [0, 0.05) is 13.1 Å². The number of hydrogen-bond acceptors (Lipinski definition) is 3. The van der Waals surface area contributed by atoms with Crippen LogP contribution in [0.25, 0.3) is 0 Å². The van der Waals surface area contributed by atoms with E-state index in [2.05, 4.69) is 24.1 Å². The van der Waals surface area contributed by atoms with Gasteiger partial charge in [0.15, 0.2) is 0 Å². The summed E-state index contributed by atoms with van der Waals surface area (Å²) in [5.41, 5.74) is 0. The number of nitrogens with one attached hydrogen (secondary N) is 1. The fourth-order valence-electron chi connectivity index (χ4n) is 3.00. The third-order valence-corrected chi connectivity index (χ3v) is 3.81. The van der Waals surface area contributed by atoms with Crippen molar-refractivity contribution < 1.29 is 4.74 Å². The molecule has 3 nitrogen and oxygen atoms in total. The Morgan fingerprint density at radius 3 is 2.38 bits per heavy atom. The number of nitrogens with zero attached hydrogens (tertiary/aromatic N) is 1. The van der Waals surface area contributed by atoms with Crippen LogP contribution >= 0.6 is 0 Å². The van der Waals surface area contributed by atoms with E-state index in [1.165, 1.54) is 38.9 Å². The van der Waals surface area contributed by atoms with E-state index >= 15 is 0 Å². The SMILES string of the molecule is C[C@H]1CN(CCC2CCNCC2)C[C@H](C)O1. The lowest BCUT2D eigenvalue weighted by atomic mass is 9.94. The Labute approximate surface area is 99.5 Å². The van der Waals surface area contributed by atoms with Gasteiger partial charge >= 0.3 is 0 Å². The van der Waals surface area contributed by atoms with E-state index in [-0.39, 0.29) is 0 Å². The minimum absolute atomic E-state index is 0.414. The summed E-state index contributed by atoms with van der Waals surface area (Å²) in [5, 5.41) is 3.43. The van der Waals surface area contributed by atoms with Gasteiger partial charge in [-0.25, -0.2) is 0 Å². The maximum absolute atomic E-state index is 5.76. The third kappa shape index (κ3) is 3.72. The van der Waals surface area contributed by atoms with Crippen molar-refractivity contribution in [2.24, 2.45) is 5.92 Å². The zero-order valence-corrected chi connectivity index (χ0v) is 10.7. The van der Waals surface area contributed by atoms with Gasteiger partial charge in [-0.3, -0.25) is 4.90 Å². The van der Waals surface area contributed by atoms with Gasteiger partial charge in [0.05, 0.1) is 12.2 Å². The highest BCUT2D eigenvalue weighted by Gasteiger charge is 2.22. The first-order valence-electron chi connectivity index (χ1n) is 6.82. The molecule has 0 unspecified atom stereocenters. The highest BCUT2D eigenvalue weighted by atomic mass is 16.5. The first-order chi connectivity index (χ1) is 7.74. The molecule has 16 heavy (non-hydrogen) atoms. The number of hydrogen-bond donors (Lipinski definition) is 1. The van der Waals surface area contributed by atoms with Crippen LogP contribution in [0.5, 0.6) is 0 Å². The fourth-order valence-corrected chi connectivity index (χ4v) is 3.00. The summed E-state index contributed by atoms with van der Waals surface area (Å²) in [6.07, 6.45) is 4.94. The van der Waals surface area contributed by atoms with E-state index in [1.807, 2.05) is 0 Å². The van der Waals surface area contributed by atoms with E-state index < -0.39 is 0 Å². The van der Waals surface area contributed by atoms with Crippen molar-refractivity contribution >= 4 is 0 Å². The average Bonchev–Trinajstić information content (AvgIpc) is 2.27. The molecule has 2 aliphatic heterocycles. The molecule has 3 heteroatoms. The molecule has 2 fully saturated rings. The van der Waals surface area contributed by atoms with Crippen molar-refractivity contribution in [2.75, 3.05) is 32.7 Å². The summed E-state index contributed by atoms with van der Waals surface area (Å²) in [6.45, 7) is 10.3. The van der Waals surface area contributed by atoms with Crippen LogP contribution in [0.1, 0.15) is 33.1 Å². The van der Waals surface area contributed by atoms with Crippen LogP contribution in [0.3, 0.4) is 0 Å². The summed E-state index contributed by atoms with van der Waals surface area (Å²) in [6, 6.07) is 0. The molecular formula is C13H26N2O. The van der Waals surface area contributed by atoms with Crippen LogP contribution in [-0.2, 0) is 4.74 Å². The molecule has 0 bridgehead atoms. The normalized spacial score (nSPS) is 34.1. The zero-order valence-electron chi connectivity index (χ0n) is 10.7. The number of piperidine rings is 1. The molecule has 0 aromatic carbocycles. The number of ether oxygens (including phenoxy) is 1. The minimum Gasteiger partial charge on any atom is -0.373 e. The van der Waals surface area contributed by atoms with E-state index in [1.54, 1.807) is 0 Å². The summed E-state index contributed by atoms with van der Waals surface area (Å²) >= 11 is 0. The number of rotatable bonds is 3. The maximum Gasteiger partial charge on any atom is 0.0678 e. The third-order valence-electron chi connectivity index (χ3n) is 3.81. The Bertz CT molecular complexity index is 194. The van der Waals surface area contributed by atoms with Gasteiger partial charge in [0.25, 0.3) is 0 Å². The average molecular weight is 226 g/mol. The Hall–Kier alpha value is -0.120. The molecule has 0 aromatic rings. The van der Waals surface area contributed by atoms with E-state index in [0.717, 1.165) is 19.0 Å². The van der Waals surface area contributed by atoms with Gasteiger partial charge in [0.2, 0.25) is 0 Å². The Morgan fingerprint density at radius 2 is 1.75 bits per heavy atom. The van der Waals surface area contributed by atoms with Gasteiger partial charge in [0.1, 0.15) is 0 Å². The number of morpholine rings is 1. The predicted octanol–water partition coefficient (Wildman–Crippen LogP) is 1.49. The molecule has 0 aliphatic carbocycles. The van der Waals surface area contributed by atoms with Crippen molar-refractivity contribution in [3.05, 3.63) is 0 Å². The zero-order chi connectivity index (χ0) is 11.4. The second-order valence-electron chi connectivity index (χ2n) is 5.50. The molecule has 1 N–H and O–H groups in total. The molecule has 94 valence electrons. The largest absolute Gasteiger partial charge is 0.373 e. The molecule has 0 aromatic heterocycles. The van der Waals surface area contributed by atoms with E-state index in [9.17, 15) is 0 Å². The van der Waals surface area contributed by atoms with Gasteiger partial charge in [-0.1, -0.05) is 0 Å². The van der Waals surface area contributed by atoms with Crippen LogP contribution in [0.15, 0.2) is 0 Å². The molecular weight excluding hydrogens is 200 g/mol. The van der Waals surface area contributed by atoms with Gasteiger partial charge in [-0.15, -0.1) is 0 Å². The summed E-state index contributed by atoms with van der Waals surface area (Å²) in [5.74, 6) is 0.953. The molecule has 0 radical (unpaired) electrons. The van der Waals surface area contributed by atoms with Gasteiger partial charge < -0.3 is 10.1 Å². The molecule has 2 heterocycles. The minimum atomic E-state index is 0.414. The monoisotopic (exact) mass is 226 g/mol. The quantitative estimate of drug-likeness (QED) is 0.789. The van der Waals surface area contributed by atoms with Crippen LogP contribution < -0.4 is 5.32 Å². The molecule has 2 saturated heterocycles. The lowest BCUT2D eigenvalue weighted by Gasteiger charge is -2.36. The van der Waals surface area contributed by atoms with E-state index in [0.29, 0.717) is 12.2 Å². The molecule has 2 aliphatic rings. The van der Waals surface area contributed by atoms with Crippen molar-refractivity contribution in [2.45, 2.75) is 45.3 Å². The van der Waals surface area contributed by atoms with Gasteiger partial charge in [-0.2, -0.15) is 0 Å². The van der Waals surface area contributed by atoms with Gasteiger partial charge in [-0.05, 0) is 58.7 Å². The van der Waals surface area contributed by atoms with Crippen molar-refractivity contribution in [1.29, 1.82) is 0 Å². The van der Waals surface area contributed by atoms with Crippen LogP contribution in [0.4, 0.5) is 0 Å². The lowest BCUT2D eigenvalue weighted by Crippen LogP contribution is -2.46. The van der Waals surface area contributed by atoms with Crippen LogP contribution in [0.2, 0.25) is 0 Å². The summed E-state index contributed by atoms with van der Waals surface area (Å²) in [7, 11) is 0. The van der Waals surface area contributed by atoms with Crippen molar-refractivity contribution in [1.82, 2.24) is 10.2 Å². The Balaban J connectivity index is 1.68. The van der Waals surface area contributed by atoms with Crippen LogP contribution in [-0.4, -0.2) is 49.8 Å².